The van der Waals surface area contributed by atoms with Crippen molar-refractivity contribution in [2.75, 3.05) is 27.3 Å². The topological polar surface area (TPSA) is 139 Å². The molecule has 0 radical (unpaired) electrons. The Kier molecular flexibility index (Phi) is 5.40. The third-order valence-corrected chi connectivity index (χ3v) is 2.43. The number of esters is 2. The maximum absolute atomic E-state index is 12.1. The van der Waals surface area contributed by atoms with Crippen molar-refractivity contribution in [2.24, 2.45) is 0 Å². The van der Waals surface area contributed by atoms with Crippen molar-refractivity contribution in [3.63, 3.8) is 0 Å². The van der Waals surface area contributed by atoms with Crippen molar-refractivity contribution in [3.05, 3.63) is 32.6 Å². The number of carbonyl (C=O) groups excluding carboxylic acids is 3. The number of hydrogen-bond acceptors (Lipinski definition) is 7. The molecule has 1 amide bonds. The standard InChI is InChI=1S/C11H13N3O7/c1-20-7(15)4-14(5-8(16)21-2)10(18)6-3-12-11(19)13-9(6)17/h3H,4-5H2,1-2H3,(H2,12,13,17,19). The van der Waals surface area contributed by atoms with Crippen molar-refractivity contribution in [2.45, 2.75) is 0 Å². The fraction of sp³-hybridized carbons (Fsp3) is 0.364. The van der Waals surface area contributed by atoms with Crippen LogP contribution < -0.4 is 11.2 Å². The molecule has 0 aliphatic carbocycles. The SMILES string of the molecule is COC(=O)CN(CC(=O)OC)C(=O)c1c[nH]c(=O)[nH]c1=O. The Bertz CT molecular complexity index is 642. The predicted octanol–water partition coefficient (Wildman–Crippen LogP) is -2.15. The Morgan fingerprint density at radius 3 is 2.05 bits per heavy atom. The molecule has 0 unspecified atom stereocenters. The Morgan fingerprint density at radius 2 is 1.62 bits per heavy atom. The lowest BCUT2D eigenvalue weighted by Gasteiger charge is -2.19. The molecule has 21 heavy (non-hydrogen) atoms. The van der Waals surface area contributed by atoms with Gasteiger partial charge in [0.2, 0.25) is 0 Å². The van der Waals surface area contributed by atoms with E-state index in [0.717, 1.165) is 25.3 Å². The first-order valence-electron chi connectivity index (χ1n) is 5.64. The number of aromatic nitrogens is 2. The third-order valence-electron chi connectivity index (χ3n) is 2.43. The number of hydrogen-bond donors (Lipinski definition) is 2. The molecule has 0 aromatic carbocycles. The molecule has 0 saturated carbocycles. The van der Waals surface area contributed by atoms with Gasteiger partial charge in [0.1, 0.15) is 18.7 Å². The molecule has 0 bridgehead atoms. The van der Waals surface area contributed by atoms with Crippen LogP contribution in [0.15, 0.2) is 15.8 Å². The lowest BCUT2D eigenvalue weighted by atomic mass is 10.3. The van der Waals surface area contributed by atoms with Gasteiger partial charge in [-0.25, -0.2) is 4.79 Å². The van der Waals surface area contributed by atoms with Gasteiger partial charge in [-0.15, -0.1) is 0 Å². The Hall–Kier alpha value is -2.91. The lowest BCUT2D eigenvalue weighted by molar-refractivity contribution is -0.144. The van der Waals surface area contributed by atoms with E-state index < -0.39 is 47.7 Å². The number of nitrogens with one attached hydrogen (secondary N) is 2. The average molecular weight is 299 g/mol. The molecule has 10 heteroatoms. The number of aromatic amines is 2. The molecule has 0 saturated heterocycles. The monoisotopic (exact) mass is 299 g/mol. The van der Waals surface area contributed by atoms with E-state index in [1.54, 1.807) is 0 Å². The number of carbonyl (C=O) groups is 3. The zero-order chi connectivity index (χ0) is 16.0. The quantitative estimate of drug-likeness (QED) is 0.591. The van der Waals surface area contributed by atoms with Gasteiger partial charge in [0.25, 0.3) is 11.5 Å². The molecule has 0 fully saturated rings. The second kappa shape index (κ2) is 7.03. The minimum Gasteiger partial charge on any atom is -0.468 e. The van der Waals surface area contributed by atoms with E-state index in [-0.39, 0.29) is 0 Å². The Labute approximate surface area is 117 Å². The summed E-state index contributed by atoms with van der Waals surface area (Å²) in [5.41, 5.74) is -2.16. The molecule has 114 valence electrons. The summed E-state index contributed by atoms with van der Waals surface area (Å²) in [6, 6.07) is 0. The molecular formula is C11H13N3O7. The molecule has 1 heterocycles. The molecule has 1 rings (SSSR count). The summed E-state index contributed by atoms with van der Waals surface area (Å²) in [5, 5.41) is 0. The molecule has 1 aromatic heterocycles. The zero-order valence-corrected chi connectivity index (χ0v) is 11.3. The van der Waals surface area contributed by atoms with Gasteiger partial charge in [0.05, 0.1) is 14.2 Å². The summed E-state index contributed by atoms with van der Waals surface area (Å²) < 4.78 is 8.81. The van der Waals surface area contributed by atoms with Crippen molar-refractivity contribution in [1.82, 2.24) is 14.9 Å². The predicted molar refractivity (Wildman–Crippen MR) is 67.6 cm³/mol. The highest BCUT2D eigenvalue weighted by Crippen LogP contribution is 1.99. The van der Waals surface area contributed by atoms with Crippen molar-refractivity contribution >= 4 is 17.8 Å². The number of rotatable bonds is 5. The van der Waals surface area contributed by atoms with Gasteiger partial charge in [-0.2, -0.15) is 0 Å². The van der Waals surface area contributed by atoms with E-state index in [9.17, 15) is 24.0 Å². The van der Waals surface area contributed by atoms with Crippen molar-refractivity contribution < 1.29 is 23.9 Å². The highest BCUT2D eigenvalue weighted by molar-refractivity contribution is 5.97. The minimum atomic E-state index is -0.941. The molecule has 0 aliphatic heterocycles. The van der Waals surface area contributed by atoms with Gasteiger partial charge in [-0.3, -0.25) is 24.2 Å². The van der Waals surface area contributed by atoms with Crippen LogP contribution in [0.25, 0.3) is 0 Å². The third kappa shape index (κ3) is 4.30. The summed E-state index contributed by atoms with van der Waals surface area (Å²) in [6.07, 6.45) is 0.894. The highest BCUT2D eigenvalue weighted by Gasteiger charge is 2.24. The van der Waals surface area contributed by atoms with Crippen molar-refractivity contribution in [1.29, 1.82) is 0 Å². The number of amides is 1. The van der Waals surface area contributed by atoms with Crippen LogP contribution >= 0.6 is 0 Å². The highest BCUT2D eigenvalue weighted by atomic mass is 16.5. The van der Waals surface area contributed by atoms with Gasteiger partial charge in [0, 0.05) is 6.20 Å². The summed E-state index contributed by atoms with van der Waals surface area (Å²) in [6.45, 7) is -1.11. The normalized spacial score (nSPS) is 9.81. The van der Waals surface area contributed by atoms with Crippen LogP contribution in [0.2, 0.25) is 0 Å². The first-order chi connectivity index (χ1) is 9.88. The number of nitrogens with zero attached hydrogens (tertiary/aromatic N) is 1. The lowest BCUT2D eigenvalue weighted by Crippen LogP contribution is -2.43. The zero-order valence-electron chi connectivity index (χ0n) is 11.3. The van der Waals surface area contributed by atoms with Crippen LogP contribution in [0.3, 0.4) is 0 Å². The van der Waals surface area contributed by atoms with Gasteiger partial charge < -0.3 is 19.4 Å². The van der Waals surface area contributed by atoms with Gasteiger partial charge >= 0.3 is 17.6 Å². The summed E-state index contributed by atoms with van der Waals surface area (Å²) in [7, 11) is 2.21. The van der Waals surface area contributed by atoms with E-state index in [4.69, 9.17) is 0 Å². The Balaban J connectivity index is 3.08. The van der Waals surface area contributed by atoms with Crippen LogP contribution in [0.4, 0.5) is 0 Å². The number of methoxy groups -OCH3 is 2. The van der Waals surface area contributed by atoms with Gasteiger partial charge in [0.15, 0.2) is 0 Å². The molecule has 10 nitrogen and oxygen atoms in total. The summed E-state index contributed by atoms with van der Waals surface area (Å²) in [4.78, 5) is 61.8. The van der Waals surface area contributed by atoms with Crippen LogP contribution in [-0.4, -0.2) is 60.0 Å². The van der Waals surface area contributed by atoms with Crippen LogP contribution in [-0.2, 0) is 19.1 Å². The van der Waals surface area contributed by atoms with Gasteiger partial charge in [-0.05, 0) is 0 Å². The molecule has 0 spiro atoms. The van der Waals surface area contributed by atoms with Gasteiger partial charge in [-0.1, -0.05) is 0 Å². The second-order valence-electron chi connectivity index (χ2n) is 3.80. The fourth-order valence-electron chi connectivity index (χ4n) is 1.38. The van der Waals surface area contributed by atoms with E-state index >= 15 is 0 Å². The number of ether oxygens (including phenoxy) is 2. The van der Waals surface area contributed by atoms with E-state index in [1.165, 1.54) is 0 Å². The molecule has 0 aliphatic rings. The molecule has 0 atom stereocenters. The van der Waals surface area contributed by atoms with Crippen LogP contribution in [0.5, 0.6) is 0 Å². The summed E-state index contributed by atoms with van der Waals surface area (Å²) >= 11 is 0. The molecular weight excluding hydrogens is 286 g/mol. The maximum Gasteiger partial charge on any atom is 0.325 e. The smallest absolute Gasteiger partial charge is 0.325 e. The first kappa shape index (κ1) is 16.1. The van der Waals surface area contributed by atoms with E-state index in [0.29, 0.717) is 0 Å². The number of H-pyrrole nitrogens is 2. The van der Waals surface area contributed by atoms with Crippen molar-refractivity contribution in [3.8, 4) is 0 Å². The summed E-state index contributed by atoms with van der Waals surface area (Å²) in [5.74, 6) is -2.50. The Morgan fingerprint density at radius 1 is 1.10 bits per heavy atom. The second-order valence-corrected chi connectivity index (χ2v) is 3.80. The van der Waals surface area contributed by atoms with E-state index in [2.05, 4.69) is 14.5 Å². The van der Waals surface area contributed by atoms with E-state index in [1.807, 2.05) is 4.98 Å². The van der Waals surface area contributed by atoms with Crippen LogP contribution in [0, 0.1) is 0 Å². The maximum atomic E-state index is 12.1. The fourth-order valence-corrected chi connectivity index (χ4v) is 1.38. The average Bonchev–Trinajstić information content (AvgIpc) is 2.45. The largest absolute Gasteiger partial charge is 0.468 e. The molecule has 2 N–H and O–H groups in total. The first-order valence-corrected chi connectivity index (χ1v) is 5.64. The molecule has 1 aromatic rings. The minimum absolute atomic E-state index is 0.428. The van der Waals surface area contributed by atoms with Crippen LogP contribution in [0.1, 0.15) is 10.4 Å².